The molecule has 3 nitrogen and oxygen atoms in total. The molecule has 0 aliphatic heterocycles. The molecule has 0 saturated heterocycles. The highest BCUT2D eigenvalue weighted by atomic mass is 16.5. The second kappa shape index (κ2) is 14.4. The Balaban J connectivity index is 0. The van der Waals surface area contributed by atoms with Crippen LogP contribution in [0.1, 0.15) is 33.6 Å². The zero-order chi connectivity index (χ0) is 10.5. The Labute approximate surface area is 82.1 Å². The van der Waals surface area contributed by atoms with Crippen molar-refractivity contribution >= 4 is 0 Å². The molecule has 13 heavy (non-hydrogen) atoms. The molecule has 0 aromatic rings. The SMILES string of the molecule is CCCOCCC.COCC(C)O. The standard InChI is InChI=1S/C6H14O.C4H10O2/c1-3-5-7-6-4-2;1-4(5)3-6-2/h3-6H2,1-2H3;4-5H,3H2,1-2H3. The number of rotatable bonds is 6. The summed E-state index contributed by atoms with van der Waals surface area (Å²) in [5.74, 6) is 0. The van der Waals surface area contributed by atoms with E-state index < -0.39 is 0 Å². The molecule has 0 aromatic carbocycles. The molecule has 0 bridgehead atoms. The van der Waals surface area contributed by atoms with Gasteiger partial charge in [-0.15, -0.1) is 0 Å². The van der Waals surface area contributed by atoms with Gasteiger partial charge in [-0.25, -0.2) is 0 Å². The maximum Gasteiger partial charge on any atom is 0.0745 e. The van der Waals surface area contributed by atoms with Crippen LogP contribution < -0.4 is 0 Å². The third-order valence-electron chi connectivity index (χ3n) is 1.10. The van der Waals surface area contributed by atoms with E-state index in [0.29, 0.717) is 6.61 Å². The Morgan fingerprint density at radius 2 is 1.62 bits per heavy atom. The average molecular weight is 192 g/mol. The fraction of sp³-hybridized carbons (Fsp3) is 1.00. The van der Waals surface area contributed by atoms with Gasteiger partial charge in [0.1, 0.15) is 0 Å². The average Bonchev–Trinajstić information content (AvgIpc) is 2.06. The van der Waals surface area contributed by atoms with Gasteiger partial charge in [0.05, 0.1) is 12.7 Å². The second-order valence-electron chi connectivity index (χ2n) is 2.92. The smallest absolute Gasteiger partial charge is 0.0745 e. The van der Waals surface area contributed by atoms with Crippen LogP contribution in [0.3, 0.4) is 0 Å². The highest BCUT2D eigenvalue weighted by Gasteiger charge is 1.87. The van der Waals surface area contributed by atoms with Gasteiger partial charge in [0.15, 0.2) is 0 Å². The van der Waals surface area contributed by atoms with Crippen molar-refractivity contribution in [1.82, 2.24) is 0 Å². The van der Waals surface area contributed by atoms with Crippen molar-refractivity contribution in [2.24, 2.45) is 0 Å². The Hall–Kier alpha value is -0.120. The molecular formula is C10H24O3. The minimum atomic E-state index is -0.324. The molecule has 3 heteroatoms. The fourth-order valence-corrected chi connectivity index (χ4v) is 0.632. The highest BCUT2D eigenvalue weighted by Crippen LogP contribution is 1.81. The zero-order valence-corrected chi connectivity index (χ0v) is 9.38. The summed E-state index contributed by atoms with van der Waals surface area (Å²) in [6.07, 6.45) is 1.95. The van der Waals surface area contributed by atoms with E-state index in [1.54, 1.807) is 14.0 Å². The van der Waals surface area contributed by atoms with Gasteiger partial charge in [-0.3, -0.25) is 0 Å². The van der Waals surface area contributed by atoms with Crippen LogP contribution in [0, 0.1) is 0 Å². The monoisotopic (exact) mass is 192 g/mol. The van der Waals surface area contributed by atoms with Crippen LogP contribution in [0.25, 0.3) is 0 Å². The second-order valence-corrected chi connectivity index (χ2v) is 2.92. The van der Waals surface area contributed by atoms with Crippen molar-refractivity contribution in [3.05, 3.63) is 0 Å². The molecule has 0 spiro atoms. The van der Waals surface area contributed by atoms with E-state index >= 15 is 0 Å². The summed E-state index contributed by atoms with van der Waals surface area (Å²) in [6.45, 7) is 8.20. The van der Waals surface area contributed by atoms with Crippen molar-refractivity contribution in [3.8, 4) is 0 Å². The van der Waals surface area contributed by atoms with E-state index in [-0.39, 0.29) is 6.10 Å². The lowest BCUT2D eigenvalue weighted by Gasteiger charge is -1.97. The molecule has 0 heterocycles. The van der Waals surface area contributed by atoms with Crippen LogP contribution in [0.15, 0.2) is 0 Å². The number of methoxy groups -OCH3 is 1. The van der Waals surface area contributed by atoms with Gasteiger partial charge in [-0.05, 0) is 19.8 Å². The van der Waals surface area contributed by atoms with E-state index in [1.165, 1.54) is 0 Å². The summed E-state index contributed by atoms with van der Waals surface area (Å²) in [7, 11) is 1.56. The fourth-order valence-electron chi connectivity index (χ4n) is 0.632. The molecular weight excluding hydrogens is 168 g/mol. The van der Waals surface area contributed by atoms with E-state index in [4.69, 9.17) is 9.84 Å². The molecule has 1 N–H and O–H groups in total. The first-order valence-corrected chi connectivity index (χ1v) is 4.93. The molecule has 82 valence electrons. The van der Waals surface area contributed by atoms with Crippen LogP contribution >= 0.6 is 0 Å². The lowest BCUT2D eigenvalue weighted by atomic mass is 10.5. The molecule has 0 aliphatic carbocycles. The normalized spacial score (nSPS) is 11.8. The summed E-state index contributed by atoms with van der Waals surface area (Å²) in [6, 6.07) is 0. The Morgan fingerprint density at radius 1 is 1.15 bits per heavy atom. The Morgan fingerprint density at radius 3 is 1.77 bits per heavy atom. The predicted molar refractivity (Wildman–Crippen MR) is 55.0 cm³/mol. The maximum atomic E-state index is 8.43. The summed E-state index contributed by atoms with van der Waals surface area (Å²) in [5.41, 5.74) is 0. The quantitative estimate of drug-likeness (QED) is 0.653. The van der Waals surface area contributed by atoms with Gasteiger partial charge in [0, 0.05) is 20.3 Å². The first kappa shape index (κ1) is 15.4. The Bertz CT molecular complexity index is 70.6. The number of aliphatic hydroxyl groups is 1. The van der Waals surface area contributed by atoms with Gasteiger partial charge in [-0.2, -0.15) is 0 Å². The third-order valence-corrected chi connectivity index (χ3v) is 1.10. The number of ether oxygens (including phenoxy) is 2. The zero-order valence-electron chi connectivity index (χ0n) is 9.38. The lowest BCUT2D eigenvalue weighted by Crippen LogP contribution is -2.07. The van der Waals surface area contributed by atoms with Crippen molar-refractivity contribution in [2.45, 2.75) is 39.7 Å². The van der Waals surface area contributed by atoms with Crippen LogP contribution in [0.5, 0.6) is 0 Å². The lowest BCUT2D eigenvalue weighted by molar-refractivity contribution is 0.0765. The highest BCUT2D eigenvalue weighted by molar-refractivity contribution is 4.36. The molecule has 1 atom stereocenters. The molecule has 0 amide bonds. The van der Waals surface area contributed by atoms with Crippen LogP contribution in [-0.2, 0) is 9.47 Å². The molecule has 0 fully saturated rings. The molecule has 1 unspecified atom stereocenters. The van der Waals surface area contributed by atoms with Crippen molar-refractivity contribution in [2.75, 3.05) is 26.9 Å². The van der Waals surface area contributed by atoms with Gasteiger partial charge in [0.2, 0.25) is 0 Å². The topological polar surface area (TPSA) is 38.7 Å². The van der Waals surface area contributed by atoms with Crippen molar-refractivity contribution < 1.29 is 14.6 Å². The first-order chi connectivity index (χ1) is 6.18. The summed E-state index contributed by atoms with van der Waals surface area (Å²) >= 11 is 0. The molecule has 0 saturated carbocycles. The number of hydrogen-bond donors (Lipinski definition) is 1. The number of hydrogen-bond acceptors (Lipinski definition) is 3. The van der Waals surface area contributed by atoms with Gasteiger partial charge in [0.25, 0.3) is 0 Å². The minimum absolute atomic E-state index is 0.324. The van der Waals surface area contributed by atoms with Crippen LogP contribution in [0.2, 0.25) is 0 Å². The molecule has 0 radical (unpaired) electrons. The summed E-state index contributed by atoms with van der Waals surface area (Å²) in [4.78, 5) is 0. The first-order valence-electron chi connectivity index (χ1n) is 4.93. The van der Waals surface area contributed by atoms with Gasteiger partial charge >= 0.3 is 0 Å². The molecule has 0 aromatic heterocycles. The van der Waals surface area contributed by atoms with E-state index in [9.17, 15) is 0 Å². The third kappa shape index (κ3) is 24.5. The van der Waals surface area contributed by atoms with Gasteiger partial charge < -0.3 is 14.6 Å². The Kier molecular flexibility index (Phi) is 17.0. The van der Waals surface area contributed by atoms with Gasteiger partial charge in [-0.1, -0.05) is 13.8 Å². The minimum Gasteiger partial charge on any atom is -0.391 e. The number of aliphatic hydroxyl groups excluding tert-OH is 1. The van der Waals surface area contributed by atoms with E-state index in [2.05, 4.69) is 18.6 Å². The van der Waals surface area contributed by atoms with Crippen LogP contribution in [-0.4, -0.2) is 38.1 Å². The summed E-state index contributed by atoms with van der Waals surface area (Å²) in [5, 5.41) is 8.43. The predicted octanol–water partition coefficient (Wildman–Crippen LogP) is 1.84. The van der Waals surface area contributed by atoms with Crippen molar-refractivity contribution in [3.63, 3.8) is 0 Å². The van der Waals surface area contributed by atoms with E-state index in [1.807, 2.05) is 0 Å². The maximum absolute atomic E-state index is 8.43. The van der Waals surface area contributed by atoms with Crippen LogP contribution in [0.4, 0.5) is 0 Å². The van der Waals surface area contributed by atoms with Crippen molar-refractivity contribution in [1.29, 1.82) is 0 Å². The largest absolute Gasteiger partial charge is 0.391 e. The summed E-state index contributed by atoms with van der Waals surface area (Å²) < 4.78 is 9.69. The molecule has 0 rings (SSSR count). The van der Waals surface area contributed by atoms with E-state index in [0.717, 1.165) is 26.1 Å². The molecule has 0 aliphatic rings.